The van der Waals surface area contributed by atoms with E-state index in [0.717, 1.165) is 12.1 Å². The molecule has 1 atom stereocenters. The van der Waals surface area contributed by atoms with Crippen LogP contribution >= 0.6 is 0 Å². The number of amides is 1. The first-order valence-corrected chi connectivity index (χ1v) is 12.4. The van der Waals surface area contributed by atoms with Crippen molar-refractivity contribution in [3.8, 4) is 11.5 Å². The molecule has 37 heavy (non-hydrogen) atoms. The highest BCUT2D eigenvalue weighted by Crippen LogP contribution is 2.45. The van der Waals surface area contributed by atoms with E-state index in [1.54, 1.807) is 42.5 Å². The Labute approximate surface area is 217 Å². The molecule has 0 saturated carbocycles. The summed E-state index contributed by atoms with van der Waals surface area (Å²) >= 11 is 0. The molecular formula is C30H32N2O5. The van der Waals surface area contributed by atoms with Crippen LogP contribution in [0.15, 0.2) is 78.4 Å². The van der Waals surface area contributed by atoms with Crippen LogP contribution in [0.25, 0.3) is 5.76 Å². The van der Waals surface area contributed by atoms with E-state index >= 15 is 0 Å². The highest BCUT2D eigenvalue weighted by Gasteiger charge is 2.47. The van der Waals surface area contributed by atoms with Crippen LogP contribution in [0, 0.1) is 0 Å². The largest absolute Gasteiger partial charge is 0.507 e. The number of ether oxygens (including phenoxy) is 2. The summed E-state index contributed by atoms with van der Waals surface area (Å²) in [6, 6.07) is 20.7. The Morgan fingerprint density at radius 3 is 2.22 bits per heavy atom. The van der Waals surface area contributed by atoms with Crippen LogP contribution in [-0.4, -0.2) is 44.1 Å². The van der Waals surface area contributed by atoms with Gasteiger partial charge < -0.3 is 19.5 Å². The van der Waals surface area contributed by atoms with Crippen molar-refractivity contribution in [2.45, 2.75) is 26.3 Å². The van der Waals surface area contributed by atoms with E-state index < -0.39 is 17.7 Å². The van der Waals surface area contributed by atoms with Crippen molar-refractivity contribution >= 4 is 28.8 Å². The standard InChI is InChI=1S/C30H32N2O5/c1-5-19-37-25-10-8-7-9-24(25)32-27(20-11-15-22(16-12-20)31(3)4)26(29(34)30(32)35)28(33)21-13-17-23(18-14-21)36-6-2/h7-18,27,33H,5-6,19H2,1-4H3/b28-26-. The number of para-hydroxylation sites is 2. The van der Waals surface area contributed by atoms with E-state index in [-0.39, 0.29) is 11.3 Å². The van der Waals surface area contributed by atoms with Crippen molar-refractivity contribution < 1.29 is 24.2 Å². The molecule has 1 N–H and O–H groups in total. The van der Waals surface area contributed by atoms with E-state index in [0.29, 0.717) is 41.5 Å². The third-order valence-corrected chi connectivity index (χ3v) is 6.19. The van der Waals surface area contributed by atoms with Crippen LogP contribution in [0.5, 0.6) is 11.5 Å². The maximum Gasteiger partial charge on any atom is 0.300 e. The predicted octanol–water partition coefficient (Wildman–Crippen LogP) is 5.57. The summed E-state index contributed by atoms with van der Waals surface area (Å²) in [6.07, 6.45) is 0.792. The normalized spacial score (nSPS) is 16.6. The van der Waals surface area contributed by atoms with E-state index in [2.05, 4.69) is 0 Å². The van der Waals surface area contributed by atoms with Crippen molar-refractivity contribution in [2.24, 2.45) is 0 Å². The Kier molecular flexibility index (Phi) is 7.82. The average Bonchev–Trinajstić information content (AvgIpc) is 3.18. The molecule has 7 nitrogen and oxygen atoms in total. The maximum atomic E-state index is 13.5. The zero-order valence-corrected chi connectivity index (χ0v) is 21.6. The molecule has 1 amide bonds. The van der Waals surface area contributed by atoms with Crippen LogP contribution in [0.2, 0.25) is 0 Å². The topological polar surface area (TPSA) is 79.3 Å². The number of hydrogen-bond acceptors (Lipinski definition) is 6. The third-order valence-electron chi connectivity index (χ3n) is 6.19. The summed E-state index contributed by atoms with van der Waals surface area (Å²) in [7, 11) is 3.88. The molecule has 0 aliphatic carbocycles. The van der Waals surface area contributed by atoms with Gasteiger partial charge in [-0.2, -0.15) is 0 Å². The molecule has 1 fully saturated rings. The molecule has 0 aromatic heterocycles. The Hall–Kier alpha value is -4.26. The van der Waals surface area contributed by atoms with Crippen molar-refractivity contribution in [1.82, 2.24) is 0 Å². The summed E-state index contributed by atoms with van der Waals surface area (Å²) in [6.45, 7) is 4.87. The fraction of sp³-hybridized carbons (Fsp3) is 0.267. The van der Waals surface area contributed by atoms with E-state index in [4.69, 9.17) is 9.47 Å². The van der Waals surface area contributed by atoms with Gasteiger partial charge in [0.05, 0.1) is 30.5 Å². The SMILES string of the molecule is CCCOc1ccccc1N1C(=O)C(=O)/C(=C(\O)c2ccc(OCC)cc2)C1c1ccc(N(C)C)cc1. The van der Waals surface area contributed by atoms with Gasteiger partial charge >= 0.3 is 0 Å². The average molecular weight is 501 g/mol. The number of anilines is 2. The van der Waals surface area contributed by atoms with Crippen LogP contribution in [-0.2, 0) is 9.59 Å². The highest BCUT2D eigenvalue weighted by molar-refractivity contribution is 6.51. The Bertz CT molecular complexity index is 1300. The molecule has 1 aliphatic rings. The molecule has 1 aliphatic heterocycles. The summed E-state index contributed by atoms with van der Waals surface area (Å²) in [4.78, 5) is 30.4. The smallest absolute Gasteiger partial charge is 0.300 e. The Morgan fingerprint density at radius 2 is 1.59 bits per heavy atom. The molecule has 1 unspecified atom stereocenters. The predicted molar refractivity (Wildman–Crippen MR) is 145 cm³/mol. The van der Waals surface area contributed by atoms with Gasteiger partial charge in [0.2, 0.25) is 0 Å². The molecule has 3 aromatic carbocycles. The quantitative estimate of drug-likeness (QED) is 0.235. The third kappa shape index (κ3) is 5.16. The minimum atomic E-state index is -0.839. The lowest BCUT2D eigenvalue weighted by atomic mass is 9.94. The van der Waals surface area contributed by atoms with Gasteiger partial charge in [0.15, 0.2) is 0 Å². The molecule has 4 rings (SSSR count). The molecule has 0 radical (unpaired) electrons. The molecule has 7 heteroatoms. The highest BCUT2D eigenvalue weighted by atomic mass is 16.5. The summed E-state index contributed by atoms with van der Waals surface area (Å²) in [5, 5.41) is 11.4. The molecule has 192 valence electrons. The van der Waals surface area contributed by atoms with Gasteiger partial charge in [0.25, 0.3) is 11.7 Å². The van der Waals surface area contributed by atoms with E-state index in [1.807, 2.05) is 63.2 Å². The molecule has 0 bridgehead atoms. The number of carbonyl (C=O) groups excluding carboxylic acids is 2. The van der Waals surface area contributed by atoms with Crippen molar-refractivity contribution in [2.75, 3.05) is 37.1 Å². The monoisotopic (exact) mass is 500 g/mol. The molecular weight excluding hydrogens is 468 g/mol. The first kappa shape index (κ1) is 25.8. The zero-order chi connectivity index (χ0) is 26.5. The molecule has 0 spiro atoms. The van der Waals surface area contributed by atoms with Crippen molar-refractivity contribution in [3.63, 3.8) is 0 Å². The van der Waals surface area contributed by atoms with Gasteiger partial charge in [-0.25, -0.2) is 0 Å². The van der Waals surface area contributed by atoms with E-state index in [1.165, 1.54) is 4.90 Å². The van der Waals surface area contributed by atoms with Crippen LogP contribution in [0.1, 0.15) is 37.4 Å². The van der Waals surface area contributed by atoms with E-state index in [9.17, 15) is 14.7 Å². The number of Topliss-reactive ketones (excluding diaryl/α,β-unsaturated/α-hetero) is 1. The van der Waals surface area contributed by atoms with Gasteiger partial charge in [-0.3, -0.25) is 14.5 Å². The summed E-state index contributed by atoms with van der Waals surface area (Å²) in [5.74, 6) is -0.558. The number of benzene rings is 3. The lowest BCUT2D eigenvalue weighted by Gasteiger charge is -2.27. The first-order chi connectivity index (χ1) is 17.9. The number of aliphatic hydroxyl groups is 1. The number of ketones is 1. The second-order valence-corrected chi connectivity index (χ2v) is 8.93. The Morgan fingerprint density at radius 1 is 0.919 bits per heavy atom. The van der Waals surface area contributed by atoms with Gasteiger partial charge in [0, 0.05) is 25.3 Å². The second kappa shape index (κ2) is 11.2. The van der Waals surface area contributed by atoms with Gasteiger partial charge in [0.1, 0.15) is 17.3 Å². The van der Waals surface area contributed by atoms with Crippen LogP contribution in [0.4, 0.5) is 11.4 Å². The lowest BCUT2D eigenvalue weighted by molar-refractivity contribution is -0.132. The first-order valence-electron chi connectivity index (χ1n) is 12.4. The van der Waals surface area contributed by atoms with Crippen LogP contribution in [0.3, 0.4) is 0 Å². The molecule has 1 heterocycles. The molecule has 1 saturated heterocycles. The fourth-order valence-corrected chi connectivity index (χ4v) is 4.37. The van der Waals surface area contributed by atoms with Crippen LogP contribution < -0.4 is 19.3 Å². The maximum absolute atomic E-state index is 13.5. The number of hydrogen-bond donors (Lipinski definition) is 1. The van der Waals surface area contributed by atoms with Crippen molar-refractivity contribution in [1.29, 1.82) is 0 Å². The minimum Gasteiger partial charge on any atom is -0.507 e. The Balaban J connectivity index is 1.89. The van der Waals surface area contributed by atoms with Crippen molar-refractivity contribution in [3.05, 3.63) is 89.5 Å². The lowest BCUT2D eigenvalue weighted by Crippen LogP contribution is -2.30. The zero-order valence-electron chi connectivity index (χ0n) is 21.6. The minimum absolute atomic E-state index is 0.0251. The fourth-order valence-electron chi connectivity index (χ4n) is 4.37. The van der Waals surface area contributed by atoms with Gasteiger partial charge in [-0.05, 0) is 67.4 Å². The summed E-state index contributed by atoms with van der Waals surface area (Å²) < 4.78 is 11.4. The number of aliphatic hydroxyl groups excluding tert-OH is 1. The molecule has 3 aromatic rings. The number of nitrogens with zero attached hydrogens (tertiary/aromatic N) is 2. The van der Waals surface area contributed by atoms with Gasteiger partial charge in [-0.1, -0.05) is 31.2 Å². The summed E-state index contributed by atoms with van der Waals surface area (Å²) in [5.41, 5.74) is 2.59. The number of rotatable bonds is 9. The number of carbonyl (C=O) groups is 2. The van der Waals surface area contributed by atoms with Gasteiger partial charge in [-0.15, -0.1) is 0 Å². The second-order valence-electron chi connectivity index (χ2n) is 8.93.